The van der Waals surface area contributed by atoms with E-state index in [1.807, 2.05) is 6.07 Å². The van der Waals surface area contributed by atoms with Crippen LogP contribution < -0.4 is 20.6 Å². The van der Waals surface area contributed by atoms with Crippen molar-refractivity contribution < 1.29 is 18.7 Å². The molecule has 1 N–H and O–H groups in total. The molecular weight excluding hydrogens is 388 g/mol. The highest BCUT2D eigenvalue weighted by Crippen LogP contribution is 2.18. The maximum Gasteiger partial charge on any atom is 0.349 e. The Kier molecular flexibility index (Phi) is 5.89. The van der Waals surface area contributed by atoms with Crippen molar-refractivity contribution in [3.63, 3.8) is 0 Å². The number of carbonyl (C=O) groups is 1. The fraction of sp³-hybridized carbons (Fsp3) is 0.333. The van der Waals surface area contributed by atoms with Gasteiger partial charge < -0.3 is 24.1 Å². The van der Waals surface area contributed by atoms with Gasteiger partial charge in [-0.3, -0.25) is 4.79 Å². The minimum absolute atomic E-state index is 0.0406. The molecule has 1 aromatic carbocycles. The van der Waals surface area contributed by atoms with E-state index >= 15 is 0 Å². The second-order valence-electron chi connectivity index (χ2n) is 6.80. The first-order valence-electron chi connectivity index (χ1n) is 9.72. The molecule has 4 rings (SSSR count). The Labute approximate surface area is 172 Å². The fourth-order valence-electron chi connectivity index (χ4n) is 3.19. The van der Waals surface area contributed by atoms with Gasteiger partial charge in [-0.15, -0.1) is 0 Å². The van der Waals surface area contributed by atoms with Gasteiger partial charge in [-0.05, 0) is 19.1 Å². The zero-order valence-corrected chi connectivity index (χ0v) is 16.6. The van der Waals surface area contributed by atoms with Gasteiger partial charge in [-0.1, -0.05) is 18.2 Å². The Hall–Kier alpha value is -3.46. The maximum atomic E-state index is 12.4. The summed E-state index contributed by atoms with van der Waals surface area (Å²) in [6, 6.07) is 10.3. The lowest BCUT2D eigenvalue weighted by Crippen LogP contribution is -2.37. The number of anilines is 1. The average molecular weight is 410 g/mol. The number of rotatable bonds is 6. The molecule has 1 saturated heterocycles. The summed E-state index contributed by atoms with van der Waals surface area (Å²) >= 11 is 0. The predicted molar refractivity (Wildman–Crippen MR) is 110 cm³/mol. The Balaban J connectivity index is 1.35. The van der Waals surface area contributed by atoms with Crippen LogP contribution in [-0.4, -0.2) is 55.3 Å². The molecule has 1 aliphatic heterocycles. The number of nitrogens with zero attached hydrogens (tertiary/aromatic N) is 3. The number of ether oxygens (including phenoxy) is 2. The van der Waals surface area contributed by atoms with Crippen molar-refractivity contribution in [2.45, 2.75) is 6.92 Å². The van der Waals surface area contributed by atoms with E-state index in [2.05, 4.69) is 20.2 Å². The standard InChI is InChI=1S/C21H22N4O5/c1-14-23-18(25-7-10-28-11-8-25)13-19(24-14)29-9-6-22-20(26)16-12-15-4-2-3-5-17(15)30-21(16)27/h2-5,12-13H,6-11H2,1H3,(H,22,26). The second kappa shape index (κ2) is 8.91. The number of hydrogen-bond acceptors (Lipinski definition) is 8. The number of fused-ring (bicyclic) bond motifs is 1. The Morgan fingerprint density at radius 1 is 1.20 bits per heavy atom. The van der Waals surface area contributed by atoms with Gasteiger partial charge in [0.25, 0.3) is 5.91 Å². The molecule has 3 aromatic rings. The highest BCUT2D eigenvalue weighted by molar-refractivity contribution is 5.96. The van der Waals surface area contributed by atoms with Gasteiger partial charge in [0.2, 0.25) is 5.88 Å². The molecule has 0 radical (unpaired) electrons. The average Bonchev–Trinajstić information content (AvgIpc) is 2.76. The van der Waals surface area contributed by atoms with E-state index in [0.29, 0.717) is 35.9 Å². The zero-order chi connectivity index (χ0) is 20.9. The lowest BCUT2D eigenvalue weighted by Gasteiger charge is -2.28. The molecule has 0 spiro atoms. The molecule has 30 heavy (non-hydrogen) atoms. The van der Waals surface area contributed by atoms with Crippen LogP contribution in [0.4, 0.5) is 5.82 Å². The first-order chi connectivity index (χ1) is 14.6. The number of amides is 1. The number of morpholine rings is 1. The molecule has 1 fully saturated rings. The topological polar surface area (TPSA) is 107 Å². The van der Waals surface area contributed by atoms with Gasteiger partial charge in [-0.2, -0.15) is 4.98 Å². The molecule has 0 aliphatic carbocycles. The molecule has 0 atom stereocenters. The molecular formula is C21H22N4O5. The number of nitrogens with one attached hydrogen (secondary N) is 1. The van der Waals surface area contributed by atoms with E-state index in [1.54, 1.807) is 31.2 Å². The lowest BCUT2D eigenvalue weighted by molar-refractivity contribution is 0.0943. The van der Waals surface area contributed by atoms with Crippen LogP contribution in [0.25, 0.3) is 11.0 Å². The molecule has 2 aromatic heterocycles. The van der Waals surface area contributed by atoms with Crippen LogP contribution in [0.2, 0.25) is 0 Å². The molecule has 1 amide bonds. The maximum absolute atomic E-state index is 12.4. The molecule has 3 heterocycles. The minimum Gasteiger partial charge on any atom is -0.476 e. The molecule has 1 aliphatic rings. The van der Waals surface area contributed by atoms with Crippen LogP contribution in [0.15, 0.2) is 45.6 Å². The van der Waals surface area contributed by atoms with Gasteiger partial charge in [0, 0.05) is 24.5 Å². The molecule has 0 bridgehead atoms. The van der Waals surface area contributed by atoms with Crippen LogP contribution in [0.5, 0.6) is 5.88 Å². The van der Waals surface area contributed by atoms with Crippen molar-refractivity contribution >= 4 is 22.7 Å². The molecule has 9 nitrogen and oxygen atoms in total. The number of aryl methyl sites for hydroxylation is 1. The summed E-state index contributed by atoms with van der Waals surface area (Å²) in [7, 11) is 0. The van der Waals surface area contributed by atoms with E-state index in [0.717, 1.165) is 18.9 Å². The van der Waals surface area contributed by atoms with E-state index in [1.165, 1.54) is 6.07 Å². The summed E-state index contributed by atoms with van der Waals surface area (Å²) in [4.78, 5) is 35.3. The number of para-hydroxylation sites is 1. The molecule has 9 heteroatoms. The van der Waals surface area contributed by atoms with Crippen molar-refractivity contribution in [2.75, 3.05) is 44.4 Å². The number of aromatic nitrogens is 2. The van der Waals surface area contributed by atoms with Gasteiger partial charge in [0.05, 0.1) is 19.8 Å². The first kappa shape index (κ1) is 19.8. The summed E-state index contributed by atoms with van der Waals surface area (Å²) in [6.07, 6.45) is 0. The Morgan fingerprint density at radius 3 is 2.83 bits per heavy atom. The van der Waals surface area contributed by atoms with Crippen LogP contribution in [0, 0.1) is 6.92 Å². The smallest absolute Gasteiger partial charge is 0.349 e. The minimum atomic E-state index is -0.673. The Morgan fingerprint density at radius 2 is 2.00 bits per heavy atom. The summed E-state index contributed by atoms with van der Waals surface area (Å²) in [6.45, 7) is 5.06. The van der Waals surface area contributed by atoms with Gasteiger partial charge in [0.1, 0.15) is 29.4 Å². The van der Waals surface area contributed by atoms with Crippen molar-refractivity contribution in [2.24, 2.45) is 0 Å². The molecule has 0 saturated carbocycles. The third-order valence-electron chi connectivity index (χ3n) is 4.66. The van der Waals surface area contributed by atoms with Crippen LogP contribution in [0.3, 0.4) is 0 Å². The van der Waals surface area contributed by atoms with Crippen LogP contribution in [0.1, 0.15) is 16.2 Å². The highest BCUT2D eigenvalue weighted by Gasteiger charge is 2.15. The number of benzene rings is 1. The second-order valence-corrected chi connectivity index (χ2v) is 6.80. The van der Waals surface area contributed by atoms with Crippen molar-refractivity contribution in [3.05, 3.63) is 58.2 Å². The third-order valence-corrected chi connectivity index (χ3v) is 4.66. The van der Waals surface area contributed by atoms with E-state index in [-0.39, 0.29) is 18.7 Å². The highest BCUT2D eigenvalue weighted by atomic mass is 16.5. The van der Waals surface area contributed by atoms with Crippen molar-refractivity contribution in [1.82, 2.24) is 15.3 Å². The lowest BCUT2D eigenvalue weighted by atomic mass is 10.2. The summed E-state index contributed by atoms with van der Waals surface area (Å²) < 4.78 is 16.2. The van der Waals surface area contributed by atoms with Crippen molar-refractivity contribution in [3.8, 4) is 5.88 Å². The van der Waals surface area contributed by atoms with Gasteiger partial charge in [-0.25, -0.2) is 9.78 Å². The van der Waals surface area contributed by atoms with Crippen LogP contribution in [-0.2, 0) is 4.74 Å². The first-order valence-corrected chi connectivity index (χ1v) is 9.72. The SMILES string of the molecule is Cc1nc(OCCNC(=O)c2cc3ccccc3oc2=O)cc(N2CCOCC2)n1. The molecule has 156 valence electrons. The predicted octanol–water partition coefficient (Wildman–Crippen LogP) is 1.54. The van der Waals surface area contributed by atoms with Crippen LogP contribution >= 0.6 is 0 Å². The van der Waals surface area contributed by atoms with Gasteiger partial charge >= 0.3 is 5.63 Å². The number of carbonyl (C=O) groups excluding carboxylic acids is 1. The zero-order valence-electron chi connectivity index (χ0n) is 16.6. The van der Waals surface area contributed by atoms with E-state index in [4.69, 9.17) is 13.9 Å². The summed E-state index contributed by atoms with van der Waals surface area (Å²) in [5, 5.41) is 3.36. The van der Waals surface area contributed by atoms with E-state index < -0.39 is 11.5 Å². The summed E-state index contributed by atoms with van der Waals surface area (Å²) in [5.74, 6) is 1.32. The summed E-state index contributed by atoms with van der Waals surface area (Å²) in [5.41, 5.74) is -0.271. The number of hydrogen-bond donors (Lipinski definition) is 1. The monoisotopic (exact) mass is 410 g/mol. The Bertz CT molecular complexity index is 1110. The normalized spacial score (nSPS) is 14.0. The largest absolute Gasteiger partial charge is 0.476 e. The van der Waals surface area contributed by atoms with Gasteiger partial charge in [0.15, 0.2) is 0 Å². The molecule has 0 unspecified atom stereocenters. The van der Waals surface area contributed by atoms with Crippen molar-refractivity contribution in [1.29, 1.82) is 0 Å². The fourth-order valence-corrected chi connectivity index (χ4v) is 3.19. The quantitative estimate of drug-likeness (QED) is 0.482. The third kappa shape index (κ3) is 4.57. The van der Waals surface area contributed by atoms with E-state index in [9.17, 15) is 9.59 Å².